The molecule has 1 aliphatic heterocycles. The molecule has 0 radical (unpaired) electrons. The first kappa shape index (κ1) is 18.6. The number of amides is 1. The van der Waals surface area contributed by atoms with E-state index in [1.807, 2.05) is 16.3 Å². The van der Waals surface area contributed by atoms with Gasteiger partial charge in [0.1, 0.15) is 10.7 Å². The normalized spacial score (nSPS) is 16.9. The zero-order valence-corrected chi connectivity index (χ0v) is 16.9. The molecule has 0 saturated carbocycles. The maximum absolute atomic E-state index is 13.0. The van der Waals surface area contributed by atoms with Crippen LogP contribution in [0.4, 0.5) is 5.95 Å². The van der Waals surface area contributed by atoms with Crippen molar-refractivity contribution in [3.8, 4) is 10.6 Å². The van der Waals surface area contributed by atoms with Crippen LogP contribution in [-0.4, -0.2) is 38.8 Å². The first-order chi connectivity index (χ1) is 13.5. The highest BCUT2D eigenvalue weighted by Crippen LogP contribution is 2.30. The summed E-state index contributed by atoms with van der Waals surface area (Å²) in [5.41, 5.74) is 10.6. The predicted molar refractivity (Wildman–Crippen MR) is 111 cm³/mol. The van der Waals surface area contributed by atoms with Gasteiger partial charge in [0.15, 0.2) is 0 Å². The average Bonchev–Trinajstić information content (AvgIpc) is 3.17. The summed E-state index contributed by atoms with van der Waals surface area (Å²) in [6.07, 6.45) is 3.61. The van der Waals surface area contributed by atoms with E-state index in [9.17, 15) is 4.79 Å². The van der Waals surface area contributed by atoms with Crippen LogP contribution in [0, 0.1) is 13.8 Å². The third-order valence-electron chi connectivity index (χ3n) is 5.16. The van der Waals surface area contributed by atoms with Crippen LogP contribution in [0.25, 0.3) is 10.6 Å². The first-order valence-corrected chi connectivity index (χ1v) is 10.3. The smallest absolute Gasteiger partial charge is 0.273 e. The molecule has 144 valence electrons. The number of benzene rings is 1. The van der Waals surface area contributed by atoms with E-state index in [1.165, 1.54) is 22.5 Å². The number of carbonyl (C=O) groups excluding carboxylic acids is 1. The Kier molecular flexibility index (Phi) is 5.09. The summed E-state index contributed by atoms with van der Waals surface area (Å²) in [4.78, 5) is 27.9. The summed E-state index contributed by atoms with van der Waals surface area (Å²) in [7, 11) is 0. The van der Waals surface area contributed by atoms with Crippen molar-refractivity contribution < 1.29 is 4.79 Å². The van der Waals surface area contributed by atoms with Crippen LogP contribution in [0.2, 0.25) is 0 Å². The fourth-order valence-electron chi connectivity index (χ4n) is 3.73. The Morgan fingerprint density at radius 2 is 2.11 bits per heavy atom. The number of aromatic nitrogens is 3. The zero-order chi connectivity index (χ0) is 19.7. The second-order valence-electron chi connectivity index (χ2n) is 7.29. The maximum atomic E-state index is 13.0. The summed E-state index contributed by atoms with van der Waals surface area (Å²) in [5.74, 6) is 0.443. The zero-order valence-electron chi connectivity index (χ0n) is 16.1. The Morgan fingerprint density at radius 3 is 2.89 bits per heavy atom. The summed E-state index contributed by atoms with van der Waals surface area (Å²) in [6.45, 7) is 5.53. The van der Waals surface area contributed by atoms with E-state index < -0.39 is 0 Å². The highest BCUT2D eigenvalue weighted by molar-refractivity contribution is 7.13. The molecular formula is C21H23N5OS. The predicted octanol–water partition coefficient (Wildman–Crippen LogP) is 3.82. The quantitative estimate of drug-likeness (QED) is 0.731. The minimum atomic E-state index is -0.0148. The number of thiazole rings is 1. The monoisotopic (exact) mass is 393 g/mol. The van der Waals surface area contributed by atoms with Crippen molar-refractivity contribution in [2.24, 2.45) is 0 Å². The van der Waals surface area contributed by atoms with Crippen molar-refractivity contribution in [1.82, 2.24) is 19.9 Å². The molecule has 1 fully saturated rings. The number of nitrogens with zero attached hydrogens (tertiary/aromatic N) is 4. The molecule has 1 saturated heterocycles. The van der Waals surface area contributed by atoms with E-state index in [1.54, 1.807) is 6.20 Å². The van der Waals surface area contributed by atoms with Gasteiger partial charge < -0.3 is 10.6 Å². The molecule has 1 aromatic carbocycles. The number of rotatable bonds is 3. The number of piperidine rings is 1. The lowest BCUT2D eigenvalue weighted by molar-refractivity contribution is 0.0701. The molecule has 1 amide bonds. The van der Waals surface area contributed by atoms with Crippen molar-refractivity contribution in [2.45, 2.75) is 32.6 Å². The Balaban J connectivity index is 1.52. The molecule has 1 atom stereocenters. The van der Waals surface area contributed by atoms with Gasteiger partial charge in [0.25, 0.3) is 5.91 Å². The molecule has 28 heavy (non-hydrogen) atoms. The molecule has 1 aliphatic rings. The molecule has 7 heteroatoms. The van der Waals surface area contributed by atoms with Crippen molar-refractivity contribution >= 4 is 23.2 Å². The van der Waals surface area contributed by atoms with Gasteiger partial charge in [-0.3, -0.25) is 4.79 Å². The largest absolute Gasteiger partial charge is 0.368 e. The van der Waals surface area contributed by atoms with Crippen LogP contribution in [0.15, 0.2) is 35.8 Å². The molecule has 1 unspecified atom stereocenters. The van der Waals surface area contributed by atoms with Crippen LogP contribution >= 0.6 is 11.3 Å². The van der Waals surface area contributed by atoms with Gasteiger partial charge in [-0.2, -0.15) is 0 Å². The summed E-state index contributed by atoms with van der Waals surface area (Å²) < 4.78 is 0. The van der Waals surface area contributed by atoms with Gasteiger partial charge in [0.2, 0.25) is 5.95 Å². The van der Waals surface area contributed by atoms with Crippen molar-refractivity contribution in [2.75, 3.05) is 18.8 Å². The Bertz CT molecular complexity index is 1020. The fourth-order valence-corrected chi connectivity index (χ4v) is 4.61. The second-order valence-corrected chi connectivity index (χ2v) is 8.14. The Labute approximate surface area is 168 Å². The van der Waals surface area contributed by atoms with Crippen LogP contribution < -0.4 is 5.73 Å². The van der Waals surface area contributed by atoms with E-state index in [4.69, 9.17) is 5.73 Å². The minimum absolute atomic E-state index is 0.0148. The molecule has 0 aliphatic carbocycles. The van der Waals surface area contributed by atoms with Crippen LogP contribution in [0.1, 0.15) is 46.1 Å². The number of carbonyl (C=O) groups is 1. The second kappa shape index (κ2) is 7.67. The topological polar surface area (TPSA) is 85.0 Å². The van der Waals surface area contributed by atoms with E-state index in [0.29, 0.717) is 12.2 Å². The molecule has 0 bridgehead atoms. The Morgan fingerprint density at radius 1 is 1.25 bits per heavy atom. The van der Waals surface area contributed by atoms with Crippen molar-refractivity contribution in [3.63, 3.8) is 0 Å². The van der Waals surface area contributed by atoms with Gasteiger partial charge in [-0.15, -0.1) is 11.3 Å². The molecule has 3 aromatic rings. The fraction of sp³-hybridized carbons (Fsp3) is 0.333. The number of aryl methyl sites for hydroxylation is 2. The lowest BCUT2D eigenvalue weighted by Gasteiger charge is -2.32. The Hall–Kier alpha value is -2.80. The lowest BCUT2D eigenvalue weighted by atomic mass is 9.94. The van der Waals surface area contributed by atoms with E-state index in [2.05, 4.69) is 47.0 Å². The third kappa shape index (κ3) is 3.75. The molecule has 2 N–H and O–H groups in total. The van der Waals surface area contributed by atoms with Gasteiger partial charge in [0, 0.05) is 36.1 Å². The number of likely N-dealkylation sites (tertiary alicyclic amines) is 1. The van der Waals surface area contributed by atoms with E-state index >= 15 is 0 Å². The van der Waals surface area contributed by atoms with Gasteiger partial charge in [0.05, 0.1) is 5.69 Å². The highest BCUT2D eigenvalue weighted by atomic mass is 32.1. The van der Waals surface area contributed by atoms with Gasteiger partial charge in [-0.1, -0.05) is 23.8 Å². The molecule has 6 nitrogen and oxygen atoms in total. The third-order valence-corrected chi connectivity index (χ3v) is 6.03. The molecule has 2 aromatic heterocycles. The molecule has 0 spiro atoms. The maximum Gasteiger partial charge on any atom is 0.273 e. The molecular weight excluding hydrogens is 370 g/mol. The van der Waals surface area contributed by atoms with Crippen molar-refractivity contribution in [1.29, 1.82) is 0 Å². The van der Waals surface area contributed by atoms with Crippen LogP contribution in [-0.2, 0) is 0 Å². The van der Waals surface area contributed by atoms with Gasteiger partial charge in [-0.25, -0.2) is 15.0 Å². The number of nitrogens with two attached hydrogens (primary N) is 1. The standard InChI is InChI=1S/C21H23N5OS/c1-13-5-6-16(14(2)10-13)19-24-18(12-28-19)20(27)26-9-3-4-15(11-26)17-7-8-23-21(22)25-17/h5-8,10,12,15H,3-4,9,11H2,1-2H3,(H2,22,23,25). The number of anilines is 1. The number of hydrogen-bond donors (Lipinski definition) is 1. The summed E-state index contributed by atoms with van der Waals surface area (Å²) in [6, 6.07) is 8.18. The first-order valence-electron chi connectivity index (χ1n) is 9.42. The molecule has 3 heterocycles. The van der Waals surface area contributed by atoms with Gasteiger partial charge in [-0.05, 0) is 38.3 Å². The highest BCUT2D eigenvalue weighted by Gasteiger charge is 2.27. The summed E-state index contributed by atoms with van der Waals surface area (Å²) in [5, 5.41) is 2.75. The number of nitrogen functional groups attached to an aromatic ring is 1. The van der Waals surface area contributed by atoms with Crippen LogP contribution in [0.3, 0.4) is 0 Å². The SMILES string of the molecule is Cc1ccc(-c2nc(C(=O)N3CCCC(c4ccnc(N)n4)C3)cs2)c(C)c1. The van der Waals surface area contributed by atoms with Crippen molar-refractivity contribution in [3.05, 3.63) is 58.4 Å². The van der Waals surface area contributed by atoms with Crippen LogP contribution in [0.5, 0.6) is 0 Å². The number of hydrogen-bond acceptors (Lipinski definition) is 6. The van der Waals surface area contributed by atoms with E-state index in [-0.39, 0.29) is 17.8 Å². The minimum Gasteiger partial charge on any atom is -0.368 e. The summed E-state index contributed by atoms with van der Waals surface area (Å²) >= 11 is 1.52. The van der Waals surface area contributed by atoms with E-state index in [0.717, 1.165) is 35.7 Å². The van der Waals surface area contributed by atoms with Gasteiger partial charge >= 0.3 is 0 Å². The lowest BCUT2D eigenvalue weighted by Crippen LogP contribution is -2.39. The molecule has 4 rings (SSSR count). The average molecular weight is 394 g/mol.